The van der Waals surface area contributed by atoms with Crippen molar-refractivity contribution < 1.29 is 9.53 Å². The lowest BCUT2D eigenvalue weighted by Crippen LogP contribution is -2.48. The van der Waals surface area contributed by atoms with Crippen molar-refractivity contribution in [2.75, 3.05) is 26.3 Å². The number of likely N-dealkylation sites (tertiary alicyclic amines) is 1. The number of carbonyl (C=O) groups is 1. The standard InChI is InChI=1S/C20H27N5O2/c26-20(16-7-4-10-25(14-16)17-8-11-27-12-9-17)21-13-18-22-19(24-23-18)15-5-2-1-3-6-15/h1-3,5-6,16-17H,4,7-14H2,(H,21,26)(H,22,23,24)/t16-/m1/s1. The van der Waals surface area contributed by atoms with Crippen LogP contribution in [0.2, 0.25) is 0 Å². The van der Waals surface area contributed by atoms with Crippen molar-refractivity contribution in [2.24, 2.45) is 5.92 Å². The molecule has 4 rings (SSSR count). The van der Waals surface area contributed by atoms with E-state index in [-0.39, 0.29) is 11.8 Å². The maximum atomic E-state index is 12.7. The molecule has 0 spiro atoms. The number of benzene rings is 1. The second-order valence-corrected chi connectivity index (χ2v) is 7.37. The van der Waals surface area contributed by atoms with Gasteiger partial charge in [0, 0.05) is 31.4 Å². The Kier molecular flexibility index (Phi) is 5.79. The minimum Gasteiger partial charge on any atom is -0.381 e. The van der Waals surface area contributed by atoms with Gasteiger partial charge in [0.1, 0.15) is 5.82 Å². The molecule has 2 N–H and O–H groups in total. The van der Waals surface area contributed by atoms with E-state index in [4.69, 9.17) is 4.74 Å². The zero-order valence-corrected chi connectivity index (χ0v) is 15.6. The average Bonchev–Trinajstić information content (AvgIpc) is 3.22. The van der Waals surface area contributed by atoms with E-state index in [1.54, 1.807) is 0 Å². The summed E-state index contributed by atoms with van der Waals surface area (Å²) >= 11 is 0. The molecular formula is C20H27N5O2. The van der Waals surface area contributed by atoms with Crippen LogP contribution in [0.3, 0.4) is 0 Å². The number of rotatable bonds is 5. The molecule has 1 aromatic carbocycles. The summed E-state index contributed by atoms with van der Waals surface area (Å²) in [6.45, 7) is 4.01. The Morgan fingerprint density at radius 2 is 2.04 bits per heavy atom. The first-order valence-corrected chi connectivity index (χ1v) is 9.86. The molecule has 144 valence electrons. The van der Waals surface area contributed by atoms with Crippen LogP contribution < -0.4 is 5.32 Å². The minimum absolute atomic E-state index is 0.0538. The maximum Gasteiger partial charge on any atom is 0.224 e. The van der Waals surface area contributed by atoms with E-state index in [9.17, 15) is 4.79 Å². The van der Waals surface area contributed by atoms with Crippen molar-refractivity contribution >= 4 is 5.91 Å². The zero-order chi connectivity index (χ0) is 18.5. The molecular weight excluding hydrogens is 342 g/mol. The Morgan fingerprint density at radius 1 is 1.22 bits per heavy atom. The Balaban J connectivity index is 1.29. The van der Waals surface area contributed by atoms with E-state index in [1.807, 2.05) is 30.3 Å². The molecule has 0 radical (unpaired) electrons. The fourth-order valence-electron chi connectivity index (χ4n) is 4.01. The fraction of sp³-hybridized carbons (Fsp3) is 0.550. The average molecular weight is 369 g/mol. The molecule has 0 bridgehead atoms. The number of ether oxygens (including phenoxy) is 1. The van der Waals surface area contributed by atoms with Crippen LogP contribution in [0.1, 0.15) is 31.5 Å². The molecule has 2 aliphatic heterocycles. The molecule has 0 unspecified atom stereocenters. The molecule has 2 aliphatic rings. The highest BCUT2D eigenvalue weighted by atomic mass is 16.5. The molecule has 2 saturated heterocycles. The number of piperidine rings is 1. The molecule has 27 heavy (non-hydrogen) atoms. The summed E-state index contributed by atoms with van der Waals surface area (Å²) in [5.74, 6) is 1.50. The van der Waals surface area contributed by atoms with E-state index in [0.717, 1.165) is 57.6 Å². The molecule has 0 aliphatic carbocycles. The summed E-state index contributed by atoms with van der Waals surface area (Å²) in [7, 11) is 0. The highest BCUT2D eigenvalue weighted by molar-refractivity contribution is 5.78. The van der Waals surface area contributed by atoms with Crippen LogP contribution in [0.4, 0.5) is 0 Å². The quantitative estimate of drug-likeness (QED) is 0.842. The van der Waals surface area contributed by atoms with E-state index < -0.39 is 0 Å². The van der Waals surface area contributed by atoms with Gasteiger partial charge in [0.2, 0.25) is 5.91 Å². The van der Waals surface area contributed by atoms with Gasteiger partial charge in [0.15, 0.2) is 5.82 Å². The van der Waals surface area contributed by atoms with Gasteiger partial charge < -0.3 is 10.1 Å². The highest BCUT2D eigenvalue weighted by Gasteiger charge is 2.30. The monoisotopic (exact) mass is 369 g/mol. The Bertz CT molecular complexity index is 742. The summed E-state index contributed by atoms with van der Waals surface area (Å²) in [4.78, 5) is 19.6. The van der Waals surface area contributed by atoms with Crippen molar-refractivity contribution in [1.29, 1.82) is 0 Å². The Morgan fingerprint density at radius 3 is 2.85 bits per heavy atom. The number of hydrogen-bond donors (Lipinski definition) is 2. The first kappa shape index (κ1) is 18.1. The number of carbonyl (C=O) groups excluding carboxylic acids is 1. The van der Waals surface area contributed by atoms with Gasteiger partial charge in [-0.1, -0.05) is 30.3 Å². The lowest BCUT2D eigenvalue weighted by atomic mass is 9.94. The molecule has 7 heteroatoms. The van der Waals surface area contributed by atoms with Gasteiger partial charge in [-0.3, -0.25) is 14.8 Å². The summed E-state index contributed by atoms with van der Waals surface area (Å²) in [6, 6.07) is 10.4. The largest absolute Gasteiger partial charge is 0.381 e. The van der Waals surface area contributed by atoms with E-state index in [1.165, 1.54) is 0 Å². The number of hydrogen-bond acceptors (Lipinski definition) is 5. The van der Waals surface area contributed by atoms with Gasteiger partial charge in [0.25, 0.3) is 0 Å². The first-order valence-electron chi connectivity index (χ1n) is 9.86. The van der Waals surface area contributed by atoms with Crippen LogP contribution in [0.5, 0.6) is 0 Å². The van der Waals surface area contributed by atoms with Gasteiger partial charge in [-0.05, 0) is 32.2 Å². The molecule has 1 aromatic heterocycles. The van der Waals surface area contributed by atoms with Crippen molar-refractivity contribution in [3.05, 3.63) is 36.2 Å². The predicted molar refractivity (Wildman–Crippen MR) is 102 cm³/mol. The van der Waals surface area contributed by atoms with Crippen LogP contribution in [0, 0.1) is 5.92 Å². The molecule has 7 nitrogen and oxygen atoms in total. The lowest BCUT2D eigenvalue weighted by Gasteiger charge is -2.39. The van der Waals surface area contributed by atoms with Crippen LogP contribution >= 0.6 is 0 Å². The maximum absolute atomic E-state index is 12.7. The normalized spacial score (nSPS) is 21.9. The Hall–Kier alpha value is -2.25. The number of aromatic amines is 1. The van der Waals surface area contributed by atoms with E-state index in [2.05, 4.69) is 25.4 Å². The summed E-state index contributed by atoms with van der Waals surface area (Å²) in [5, 5.41) is 10.2. The third-order valence-electron chi connectivity index (χ3n) is 5.52. The van der Waals surface area contributed by atoms with Crippen molar-refractivity contribution in [1.82, 2.24) is 25.4 Å². The number of aromatic nitrogens is 3. The summed E-state index contributed by atoms with van der Waals surface area (Å²) < 4.78 is 5.46. The highest BCUT2D eigenvalue weighted by Crippen LogP contribution is 2.23. The lowest BCUT2D eigenvalue weighted by molar-refractivity contribution is -0.127. The fourth-order valence-corrected chi connectivity index (χ4v) is 4.01. The van der Waals surface area contributed by atoms with Crippen LogP contribution in [-0.2, 0) is 16.1 Å². The summed E-state index contributed by atoms with van der Waals surface area (Å²) in [6.07, 6.45) is 4.19. The van der Waals surface area contributed by atoms with Gasteiger partial charge in [-0.25, -0.2) is 4.98 Å². The van der Waals surface area contributed by atoms with Crippen LogP contribution in [0.15, 0.2) is 30.3 Å². The third kappa shape index (κ3) is 4.54. The molecule has 3 heterocycles. The number of H-pyrrole nitrogens is 1. The van der Waals surface area contributed by atoms with Crippen molar-refractivity contribution in [2.45, 2.75) is 38.3 Å². The minimum atomic E-state index is 0.0538. The predicted octanol–water partition coefficient (Wildman–Crippen LogP) is 1.98. The van der Waals surface area contributed by atoms with Gasteiger partial charge in [-0.15, -0.1) is 0 Å². The number of nitrogens with zero attached hydrogens (tertiary/aromatic N) is 3. The van der Waals surface area contributed by atoms with E-state index in [0.29, 0.717) is 24.2 Å². The van der Waals surface area contributed by atoms with Crippen LogP contribution in [0.25, 0.3) is 11.4 Å². The smallest absolute Gasteiger partial charge is 0.224 e. The van der Waals surface area contributed by atoms with Gasteiger partial charge in [-0.2, -0.15) is 5.10 Å². The second kappa shape index (κ2) is 8.63. The third-order valence-corrected chi connectivity index (χ3v) is 5.52. The van der Waals surface area contributed by atoms with Gasteiger partial charge in [0.05, 0.1) is 12.5 Å². The van der Waals surface area contributed by atoms with E-state index >= 15 is 0 Å². The molecule has 2 fully saturated rings. The van der Waals surface area contributed by atoms with Crippen LogP contribution in [-0.4, -0.2) is 58.3 Å². The molecule has 0 saturated carbocycles. The topological polar surface area (TPSA) is 83.1 Å². The number of amides is 1. The Labute approximate surface area is 159 Å². The van der Waals surface area contributed by atoms with Gasteiger partial charge >= 0.3 is 0 Å². The number of nitrogens with one attached hydrogen (secondary N) is 2. The SMILES string of the molecule is O=C(NCc1nc(-c2ccccc2)n[nH]1)[C@@H]1CCCN(C2CCOCC2)C1. The van der Waals surface area contributed by atoms with Crippen molar-refractivity contribution in [3.63, 3.8) is 0 Å². The summed E-state index contributed by atoms with van der Waals surface area (Å²) in [5.41, 5.74) is 0.964. The molecule has 1 amide bonds. The molecule has 2 aromatic rings. The first-order chi connectivity index (χ1) is 13.3. The molecule has 1 atom stereocenters. The zero-order valence-electron chi connectivity index (χ0n) is 15.6. The van der Waals surface area contributed by atoms with Crippen molar-refractivity contribution in [3.8, 4) is 11.4 Å². The second-order valence-electron chi connectivity index (χ2n) is 7.37.